The minimum Gasteiger partial charge on any atom is -0.460 e. The fourth-order valence-corrected chi connectivity index (χ4v) is 6.06. The highest BCUT2D eigenvalue weighted by molar-refractivity contribution is 5.79. The molecule has 2 saturated heterocycles. The SMILES string of the molecule is CC(C)(C)OC(=O)C(C)(C)CCN1C[C@@H]2N(C(=O)OCC3c4ccccc4-c4ccccc43)CC[C@]2(F)C1. The Labute approximate surface area is 225 Å². The Bertz CT molecular complexity index is 1180. The highest BCUT2D eigenvalue weighted by Gasteiger charge is 2.56. The Balaban J connectivity index is 1.20. The van der Waals surface area contributed by atoms with Gasteiger partial charge in [-0.05, 0) is 69.8 Å². The first kappa shape index (κ1) is 26.7. The smallest absolute Gasteiger partial charge is 0.410 e. The number of carbonyl (C=O) groups excluding carboxylic acids is 2. The van der Waals surface area contributed by atoms with E-state index in [1.165, 1.54) is 11.1 Å². The average molecular weight is 523 g/mol. The van der Waals surface area contributed by atoms with Gasteiger partial charge in [-0.1, -0.05) is 48.5 Å². The summed E-state index contributed by atoms with van der Waals surface area (Å²) in [6.45, 7) is 11.1. The molecule has 2 heterocycles. The van der Waals surface area contributed by atoms with Crippen LogP contribution in [0.5, 0.6) is 0 Å². The molecule has 2 aliphatic heterocycles. The minimum absolute atomic E-state index is 0.0285. The van der Waals surface area contributed by atoms with E-state index >= 15 is 4.39 Å². The van der Waals surface area contributed by atoms with Crippen molar-refractivity contribution in [1.29, 1.82) is 0 Å². The summed E-state index contributed by atoms with van der Waals surface area (Å²) in [6, 6.07) is 15.9. The van der Waals surface area contributed by atoms with E-state index < -0.39 is 28.8 Å². The minimum atomic E-state index is -1.46. The molecule has 0 aromatic heterocycles. The van der Waals surface area contributed by atoms with Crippen molar-refractivity contribution >= 4 is 12.1 Å². The number of carbonyl (C=O) groups is 2. The highest BCUT2D eigenvalue weighted by atomic mass is 19.1. The maximum absolute atomic E-state index is 15.9. The number of hydrogen-bond donors (Lipinski definition) is 0. The van der Waals surface area contributed by atoms with E-state index in [1.807, 2.05) is 63.8 Å². The van der Waals surface area contributed by atoms with E-state index in [4.69, 9.17) is 9.47 Å². The molecule has 0 unspecified atom stereocenters. The zero-order valence-corrected chi connectivity index (χ0v) is 23.1. The lowest BCUT2D eigenvalue weighted by Crippen LogP contribution is -2.44. The third-order valence-electron chi connectivity index (χ3n) is 8.23. The zero-order chi connectivity index (χ0) is 27.3. The van der Waals surface area contributed by atoms with Gasteiger partial charge in [-0.2, -0.15) is 0 Å². The first-order valence-electron chi connectivity index (χ1n) is 13.6. The van der Waals surface area contributed by atoms with Crippen molar-refractivity contribution in [3.63, 3.8) is 0 Å². The number of nitrogens with zero attached hydrogens (tertiary/aromatic N) is 2. The summed E-state index contributed by atoms with van der Waals surface area (Å²) in [4.78, 5) is 29.5. The Hall–Kier alpha value is -2.93. The fraction of sp³-hybridized carbons (Fsp3) is 0.548. The summed E-state index contributed by atoms with van der Waals surface area (Å²) in [5.41, 5.74) is 1.97. The van der Waals surface area contributed by atoms with Crippen molar-refractivity contribution in [2.75, 3.05) is 32.8 Å². The van der Waals surface area contributed by atoms with Gasteiger partial charge in [0.1, 0.15) is 17.9 Å². The van der Waals surface area contributed by atoms with Crippen molar-refractivity contribution in [2.45, 2.75) is 70.7 Å². The van der Waals surface area contributed by atoms with E-state index in [0.717, 1.165) is 11.1 Å². The predicted molar refractivity (Wildman–Crippen MR) is 145 cm³/mol. The molecule has 0 saturated carbocycles. The summed E-state index contributed by atoms with van der Waals surface area (Å²) in [6.07, 6.45) is 0.399. The van der Waals surface area contributed by atoms with E-state index in [2.05, 4.69) is 24.3 Å². The third-order valence-corrected chi connectivity index (χ3v) is 8.23. The molecule has 38 heavy (non-hydrogen) atoms. The summed E-state index contributed by atoms with van der Waals surface area (Å²) in [5.74, 6) is -0.279. The van der Waals surface area contributed by atoms with Gasteiger partial charge in [0.2, 0.25) is 0 Å². The van der Waals surface area contributed by atoms with E-state index in [0.29, 0.717) is 32.5 Å². The van der Waals surface area contributed by atoms with Crippen molar-refractivity contribution in [1.82, 2.24) is 9.80 Å². The number of rotatable bonds is 6. The Morgan fingerprint density at radius 2 is 1.61 bits per heavy atom. The molecule has 6 nitrogen and oxygen atoms in total. The summed E-state index contributed by atoms with van der Waals surface area (Å²) in [5, 5.41) is 0. The highest BCUT2D eigenvalue weighted by Crippen LogP contribution is 2.45. The van der Waals surface area contributed by atoms with Crippen LogP contribution in [-0.2, 0) is 14.3 Å². The first-order chi connectivity index (χ1) is 17.9. The van der Waals surface area contributed by atoms with Crippen LogP contribution in [0.3, 0.4) is 0 Å². The zero-order valence-electron chi connectivity index (χ0n) is 23.1. The molecule has 2 aromatic carbocycles. The monoisotopic (exact) mass is 522 g/mol. The molecule has 3 aliphatic rings. The van der Waals surface area contributed by atoms with Crippen LogP contribution in [0.4, 0.5) is 9.18 Å². The van der Waals surface area contributed by atoms with Gasteiger partial charge in [0.05, 0.1) is 11.5 Å². The lowest BCUT2D eigenvalue weighted by Gasteiger charge is -2.30. The molecule has 2 aromatic rings. The molecule has 0 N–H and O–H groups in total. The van der Waals surface area contributed by atoms with Crippen molar-refractivity contribution in [3.05, 3.63) is 59.7 Å². The lowest BCUT2D eigenvalue weighted by atomic mass is 9.89. The Kier molecular flexibility index (Phi) is 6.79. The molecular weight excluding hydrogens is 483 g/mol. The maximum atomic E-state index is 15.9. The average Bonchev–Trinajstić information content (AvgIpc) is 3.46. The molecule has 2 atom stereocenters. The van der Waals surface area contributed by atoms with Crippen molar-refractivity contribution in [2.24, 2.45) is 5.41 Å². The van der Waals surface area contributed by atoms with Crippen molar-refractivity contribution in [3.8, 4) is 11.1 Å². The van der Waals surface area contributed by atoms with Crippen LogP contribution in [-0.4, -0.2) is 72.0 Å². The predicted octanol–water partition coefficient (Wildman–Crippen LogP) is 5.79. The quantitative estimate of drug-likeness (QED) is 0.450. The van der Waals surface area contributed by atoms with Crippen LogP contribution in [0.2, 0.25) is 0 Å². The Morgan fingerprint density at radius 1 is 1.00 bits per heavy atom. The Morgan fingerprint density at radius 3 is 2.21 bits per heavy atom. The third kappa shape index (κ3) is 5.05. The number of alkyl halides is 1. The second kappa shape index (κ2) is 9.67. The van der Waals surface area contributed by atoms with Gasteiger partial charge in [0.25, 0.3) is 0 Å². The van der Waals surface area contributed by atoms with Crippen LogP contribution in [0, 0.1) is 5.41 Å². The van der Waals surface area contributed by atoms with Gasteiger partial charge < -0.3 is 14.4 Å². The van der Waals surface area contributed by atoms with Gasteiger partial charge in [-0.3, -0.25) is 9.69 Å². The standard InChI is InChI=1S/C31H39FN2O4/c1-29(2,3)38-27(35)30(4,5)14-16-33-18-26-31(32,20-33)15-17-34(26)28(36)37-19-25-23-12-8-6-10-21(23)22-11-7-9-13-24(22)25/h6-13,25-26H,14-20H2,1-5H3/t26-,31-/m0/s1. The number of ether oxygens (including phenoxy) is 2. The molecule has 0 bridgehead atoms. The molecule has 1 aliphatic carbocycles. The molecule has 0 radical (unpaired) electrons. The van der Waals surface area contributed by atoms with Gasteiger partial charge >= 0.3 is 12.1 Å². The molecule has 7 heteroatoms. The van der Waals surface area contributed by atoms with Gasteiger partial charge in [-0.25, -0.2) is 9.18 Å². The van der Waals surface area contributed by atoms with E-state index in [1.54, 1.807) is 4.90 Å². The molecule has 0 spiro atoms. The van der Waals surface area contributed by atoms with Crippen LogP contribution in [0.25, 0.3) is 11.1 Å². The maximum Gasteiger partial charge on any atom is 0.410 e. The number of benzene rings is 2. The van der Waals surface area contributed by atoms with Crippen LogP contribution < -0.4 is 0 Å². The summed E-state index contributed by atoms with van der Waals surface area (Å²) in [7, 11) is 0. The molecule has 5 rings (SSSR count). The molecule has 204 valence electrons. The van der Waals surface area contributed by atoms with Crippen LogP contribution in [0.15, 0.2) is 48.5 Å². The van der Waals surface area contributed by atoms with E-state index in [9.17, 15) is 9.59 Å². The number of esters is 1. The summed E-state index contributed by atoms with van der Waals surface area (Å²) >= 11 is 0. The lowest BCUT2D eigenvalue weighted by molar-refractivity contribution is -0.166. The second-order valence-electron chi connectivity index (χ2n) is 12.7. The largest absolute Gasteiger partial charge is 0.460 e. The van der Waals surface area contributed by atoms with Gasteiger partial charge in [-0.15, -0.1) is 0 Å². The number of hydrogen-bond acceptors (Lipinski definition) is 5. The number of likely N-dealkylation sites (tertiary alicyclic amines) is 2. The molecule has 2 fully saturated rings. The van der Waals surface area contributed by atoms with E-state index in [-0.39, 0.29) is 25.0 Å². The van der Waals surface area contributed by atoms with Gasteiger partial charge in [0, 0.05) is 32.0 Å². The van der Waals surface area contributed by atoms with Gasteiger partial charge in [0.15, 0.2) is 0 Å². The normalized spacial score (nSPS) is 23.2. The topological polar surface area (TPSA) is 59.1 Å². The van der Waals surface area contributed by atoms with Crippen molar-refractivity contribution < 1.29 is 23.5 Å². The number of fused-ring (bicyclic) bond motifs is 4. The molecular formula is C31H39FN2O4. The first-order valence-corrected chi connectivity index (χ1v) is 13.6. The van der Waals surface area contributed by atoms with Crippen LogP contribution in [0.1, 0.15) is 64.5 Å². The summed E-state index contributed by atoms with van der Waals surface area (Å²) < 4.78 is 27.3. The number of halogens is 1. The fourth-order valence-electron chi connectivity index (χ4n) is 6.06. The van der Waals surface area contributed by atoms with Crippen LogP contribution >= 0.6 is 0 Å². The number of amides is 1. The second-order valence-corrected chi connectivity index (χ2v) is 12.7. The molecule has 1 amide bonds.